The van der Waals surface area contributed by atoms with Crippen LogP contribution in [0.5, 0.6) is 6.01 Å². The zero-order valence-electron chi connectivity index (χ0n) is 14.0. The third-order valence-electron chi connectivity index (χ3n) is 4.00. The maximum atomic E-state index is 13.7. The first kappa shape index (κ1) is 17.1. The predicted octanol–water partition coefficient (Wildman–Crippen LogP) is 1.94. The van der Waals surface area contributed by atoms with Crippen molar-refractivity contribution in [2.75, 3.05) is 25.1 Å². The minimum atomic E-state index is -0.567. The fourth-order valence-corrected chi connectivity index (χ4v) is 2.69. The number of amides is 1. The molecule has 1 amide bonds. The van der Waals surface area contributed by atoms with Crippen molar-refractivity contribution < 1.29 is 13.9 Å². The molecule has 7 nitrogen and oxygen atoms in total. The average molecular weight is 345 g/mol. The molecular formula is C17H20FN5O2. The van der Waals surface area contributed by atoms with Gasteiger partial charge in [-0.15, -0.1) is 0 Å². The summed E-state index contributed by atoms with van der Waals surface area (Å²) in [4.78, 5) is 27.0. The van der Waals surface area contributed by atoms with Crippen LogP contribution in [0.3, 0.4) is 0 Å². The van der Waals surface area contributed by atoms with Crippen LogP contribution in [0.25, 0.3) is 0 Å². The van der Waals surface area contributed by atoms with Gasteiger partial charge in [-0.2, -0.15) is 15.0 Å². The fourth-order valence-electron chi connectivity index (χ4n) is 2.69. The van der Waals surface area contributed by atoms with Crippen LogP contribution in [-0.4, -0.2) is 41.1 Å². The number of ether oxygens (including phenoxy) is 1. The van der Waals surface area contributed by atoms with Gasteiger partial charge in [-0.05, 0) is 31.4 Å². The molecule has 132 valence electrons. The highest BCUT2D eigenvalue weighted by atomic mass is 19.1. The van der Waals surface area contributed by atoms with Crippen LogP contribution in [0.2, 0.25) is 0 Å². The zero-order valence-corrected chi connectivity index (χ0v) is 14.0. The lowest BCUT2D eigenvalue weighted by atomic mass is 10.1. The maximum absolute atomic E-state index is 13.7. The molecule has 0 radical (unpaired) electrons. The number of methoxy groups -OCH3 is 1. The molecule has 1 saturated heterocycles. The first-order chi connectivity index (χ1) is 12.2. The van der Waals surface area contributed by atoms with Gasteiger partial charge in [-0.3, -0.25) is 4.79 Å². The third kappa shape index (κ3) is 4.20. The Morgan fingerprint density at radius 2 is 1.96 bits per heavy atom. The first-order valence-corrected chi connectivity index (χ1v) is 8.24. The number of nitrogens with zero attached hydrogens (tertiary/aromatic N) is 4. The standard InChI is InChI=1S/C17H20FN5O2/c1-25-17-21-14(20-16(22-17)23-9-5-2-6-10-23)11-19-15(24)12-7-3-4-8-13(12)18/h3-4,7-8H,2,5-6,9-11H2,1H3,(H,19,24). The number of nitrogens with one attached hydrogen (secondary N) is 1. The number of benzene rings is 1. The Balaban J connectivity index is 1.73. The SMILES string of the molecule is COc1nc(CNC(=O)c2ccccc2F)nc(N2CCCCC2)n1. The fraction of sp³-hybridized carbons (Fsp3) is 0.412. The summed E-state index contributed by atoms with van der Waals surface area (Å²) < 4.78 is 18.8. The monoisotopic (exact) mass is 345 g/mol. The average Bonchev–Trinajstić information content (AvgIpc) is 2.67. The van der Waals surface area contributed by atoms with Gasteiger partial charge in [0.05, 0.1) is 19.2 Å². The van der Waals surface area contributed by atoms with Crippen LogP contribution in [0.1, 0.15) is 35.4 Å². The van der Waals surface area contributed by atoms with E-state index < -0.39 is 11.7 Å². The number of carbonyl (C=O) groups is 1. The number of hydrogen-bond donors (Lipinski definition) is 1. The van der Waals surface area contributed by atoms with E-state index >= 15 is 0 Å². The summed E-state index contributed by atoms with van der Waals surface area (Å²) in [5, 5.41) is 2.63. The molecule has 1 fully saturated rings. The Morgan fingerprint density at radius 3 is 2.68 bits per heavy atom. The van der Waals surface area contributed by atoms with Gasteiger partial charge in [-0.1, -0.05) is 12.1 Å². The van der Waals surface area contributed by atoms with E-state index in [9.17, 15) is 9.18 Å². The molecule has 1 aromatic heterocycles. The van der Waals surface area contributed by atoms with Gasteiger partial charge < -0.3 is 15.0 Å². The summed E-state index contributed by atoms with van der Waals surface area (Å²) in [6, 6.07) is 6.02. The molecule has 0 atom stereocenters. The maximum Gasteiger partial charge on any atom is 0.321 e. The van der Waals surface area contributed by atoms with E-state index in [1.165, 1.54) is 31.7 Å². The van der Waals surface area contributed by atoms with Crippen molar-refractivity contribution in [3.8, 4) is 6.01 Å². The topological polar surface area (TPSA) is 80.2 Å². The van der Waals surface area contributed by atoms with Crippen LogP contribution in [0.15, 0.2) is 24.3 Å². The summed E-state index contributed by atoms with van der Waals surface area (Å²) in [5.74, 6) is -0.168. The van der Waals surface area contributed by atoms with E-state index in [1.54, 1.807) is 6.07 Å². The van der Waals surface area contributed by atoms with E-state index in [2.05, 4.69) is 25.2 Å². The van der Waals surface area contributed by atoms with Crippen molar-refractivity contribution >= 4 is 11.9 Å². The van der Waals surface area contributed by atoms with E-state index in [0.29, 0.717) is 11.8 Å². The molecule has 0 saturated carbocycles. The zero-order chi connectivity index (χ0) is 17.6. The molecule has 1 aromatic carbocycles. The molecule has 8 heteroatoms. The smallest absolute Gasteiger partial charge is 0.321 e. The summed E-state index contributed by atoms with van der Waals surface area (Å²) in [5.41, 5.74) is -0.0141. The minimum absolute atomic E-state index is 0.0141. The molecule has 1 N–H and O–H groups in total. The number of piperidine rings is 1. The molecule has 3 rings (SSSR count). The summed E-state index contributed by atoms with van der Waals surface area (Å²) >= 11 is 0. The van der Waals surface area contributed by atoms with Gasteiger partial charge in [0.2, 0.25) is 5.95 Å². The van der Waals surface area contributed by atoms with Gasteiger partial charge in [0, 0.05) is 13.1 Å². The Kier molecular flexibility index (Phi) is 5.37. The summed E-state index contributed by atoms with van der Waals surface area (Å²) in [7, 11) is 1.48. The van der Waals surface area contributed by atoms with Crippen LogP contribution in [-0.2, 0) is 6.54 Å². The molecular weight excluding hydrogens is 325 g/mol. The Bertz CT molecular complexity index is 750. The number of anilines is 1. The lowest BCUT2D eigenvalue weighted by molar-refractivity contribution is 0.0945. The largest absolute Gasteiger partial charge is 0.467 e. The van der Waals surface area contributed by atoms with E-state index in [4.69, 9.17) is 4.74 Å². The van der Waals surface area contributed by atoms with Crippen LogP contribution in [0, 0.1) is 5.82 Å². The molecule has 0 bridgehead atoms. The second kappa shape index (κ2) is 7.87. The molecule has 0 aliphatic carbocycles. The lowest BCUT2D eigenvalue weighted by Crippen LogP contribution is -2.32. The van der Waals surface area contributed by atoms with Crippen molar-refractivity contribution in [2.45, 2.75) is 25.8 Å². The minimum Gasteiger partial charge on any atom is -0.467 e. The van der Waals surface area contributed by atoms with Crippen LogP contribution in [0.4, 0.5) is 10.3 Å². The molecule has 2 aromatic rings. The number of hydrogen-bond acceptors (Lipinski definition) is 6. The van der Waals surface area contributed by atoms with Gasteiger partial charge >= 0.3 is 6.01 Å². The Hall–Kier alpha value is -2.77. The lowest BCUT2D eigenvalue weighted by Gasteiger charge is -2.26. The first-order valence-electron chi connectivity index (χ1n) is 8.24. The van der Waals surface area contributed by atoms with E-state index in [1.807, 2.05) is 0 Å². The van der Waals surface area contributed by atoms with Crippen LogP contribution < -0.4 is 15.0 Å². The summed E-state index contributed by atoms with van der Waals surface area (Å²) in [6.07, 6.45) is 3.38. The molecule has 0 spiro atoms. The highest BCUT2D eigenvalue weighted by Crippen LogP contribution is 2.17. The highest BCUT2D eigenvalue weighted by Gasteiger charge is 2.17. The quantitative estimate of drug-likeness (QED) is 0.892. The van der Waals surface area contributed by atoms with E-state index in [0.717, 1.165) is 25.9 Å². The second-order valence-corrected chi connectivity index (χ2v) is 5.75. The van der Waals surface area contributed by atoms with Gasteiger partial charge in [0.1, 0.15) is 5.82 Å². The number of rotatable bonds is 5. The van der Waals surface area contributed by atoms with Crippen molar-refractivity contribution in [3.05, 3.63) is 41.5 Å². The van der Waals surface area contributed by atoms with E-state index in [-0.39, 0.29) is 18.1 Å². The van der Waals surface area contributed by atoms with Crippen LogP contribution >= 0.6 is 0 Å². The molecule has 2 heterocycles. The molecule has 1 aliphatic heterocycles. The Labute approximate surface area is 145 Å². The molecule has 1 aliphatic rings. The summed E-state index contributed by atoms with van der Waals surface area (Å²) in [6.45, 7) is 1.83. The molecule has 0 unspecified atom stereocenters. The van der Waals surface area contributed by atoms with Gasteiger partial charge in [0.15, 0.2) is 5.82 Å². The van der Waals surface area contributed by atoms with Crippen molar-refractivity contribution in [2.24, 2.45) is 0 Å². The van der Waals surface area contributed by atoms with Gasteiger partial charge in [-0.25, -0.2) is 4.39 Å². The van der Waals surface area contributed by atoms with Crippen molar-refractivity contribution in [3.63, 3.8) is 0 Å². The van der Waals surface area contributed by atoms with Crippen molar-refractivity contribution in [1.82, 2.24) is 20.3 Å². The van der Waals surface area contributed by atoms with Gasteiger partial charge in [0.25, 0.3) is 5.91 Å². The number of halogens is 1. The predicted molar refractivity (Wildman–Crippen MR) is 90.0 cm³/mol. The normalized spacial score (nSPS) is 14.2. The highest BCUT2D eigenvalue weighted by molar-refractivity contribution is 5.94. The Morgan fingerprint density at radius 1 is 1.20 bits per heavy atom. The number of aromatic nitrogens is 3. The second-order valence-electron chi connectivity index (χ2n) is 5.75. The number of carbonyl (C=O) groups excluding carboxylic acids is 1. The molecule has 25 heavy (non-hydrogen) atoms. The third-order valence-corrected chi connectivity index (χ3v) is 4.00. The van der Waals surface area contributed by atoms with Crippen molar-refractivity contribution in [1.29, 1.82) is 0 Å².